The molecule has 0 bridgehead atoms. The van der Waals surface area contributed by atoms with Gasteiger partial charge in [0.25, 0.3) is 0 Å². The first-order valence-electron chi connectivity index (χ1n) is 7.37. The monoisotopic (exact) mass is 444 g/mol. The topological polar surface area (TPSA) is 0 Å². The minimum Gasteiger partial charge on any atom is -0.128 e. The summed E-state index contributed by atoms with van der Waals surface area (Å²) in [4.78, 5) is 1.28. The summed E-state index contributed by atoms with van der Waals surface area (Å²) in [6.07, 6.45) is 2.12. The third-order valence-electron chi connectivity index (χ3n) is 4.38. The Hall–Kier alpha value is -1.03. The second-order valence-electron chi connectivity index (χ2n) is 5.76. The van der Waals surface area contributed by atoms with Gasteiger partial charge in [-0.1, -0.05) is 40.2 Å². The fraction of sp³-hybridized carbons (Fsp3) is 0.100. The average molecular weight is 446 g/mol. The summed E-state index contributed by atoms with van der Waals surface area (Å²) in [5.74, 6) is 0. The van der Waals surface area contributed by atoms with Crippen LogP contribution in [0, 0.1) is 6.92 Å². The average Bonchev–Trinajstić information content (AvgIpc) is 2.54. The van der Waals surface area contributed by atoms with Crippen LogP contribution in [0.4, 0.5) is 0 Å². The number of thioether (sulfide) groups is 1. The Morgan fingerprint density at radius 3 is 1.87 bits per heavy atom. The maximum Gasteiger partial charge on any atom is 0.0317 e. The second-order valence-corrected chi connectivity index (χ2v) is 8.31. The van der Waals surface area contributed by atoms with Gasteiger partial charge >= 0.3 is 0 Å². The van der Waals surface area contributed by atoms with Crippen LogP contribution < -0.4 is 0 Å². The molecule has 4 aromatic carbocycles. The van der Waals surface area contributed by atoms with E-state index in [-0.39, 0.29) is 0 Å². The van der Waals surface area contributed by atoms with Crippen LogP contribution in [-0.2, 0) is 0 Å². The molecule has 0 radical (unpaired) electrons. The van der Waals surface area contributed by atoms with E-state index in [2.05, 4.69) is 93.6 Å². The van der Waals surface area contributed by atoms with Crippen LogP contribution in [0.2, 0.25) is 0 Å². The first-order valence-corrected chi connectivity index (χ1v) is 10.2. The Morgan fingerprint density at radius 1 is 0.696 bits per heavy atom. The Morgan fingerprint density at radius 2 is 1.26 bits per heavy atom. The summed E-state index contributed by atoms with van der Waals surface area (Å²) in [5, 5.41) is 7.82. The summed E-state index contributed by atoms with van der Waals surface area (Å²) in [5.41, 5.74) is 1.27. The van der Waals surface area contributed by atoms with Gasteiger partial charge in [-0.15, -0.1) is 11.8 Å². The molecular formula is C20H14Br2S. The van der Waals surface area contributed by atoms with Gasteiger partial charge in [0, 0.05) is 13.8 Å². The SMILES string of the molecule is CSc1cc2c(ccc3c4cc(C)c(Br)cc4ccc23)cc1Br. The van der Waals surface area contributed by atoms with Crippen molar-refractivity contribution in [2.75, 3.05) is 6.26 Å². The van der Waals surface area contributed by atoms with Gasteiger partial charge in [0.15, 0.2) is 0 Å². The van der Waals surface area contributed by atoms with Crippen molar-refractivity contribution in [3.05, 3.63) is 63.0 Å². The van der Waals surface area contributed by atoms with Crippen molar-refractivity contribution in [1.29, 1.82) is 0 Å². The Labute approximate surface area is 156 Å². The lowest BCUT2D eigenvalue weighted by atomic mass is 9.96. The lowest BCUT2D eigenvalue weighted by Crippen LogP contribution is -1.84. The van der Waals surface area contributed by atoms with Gasteiger partial charge in [-0.25, -0.2) is 0 Å². The van der Waals surface area contributed by atoms with Gasteiger partial charge in [-0.05, 0) is 91.3 Å². The third kappa shape index (κ3) is 2.50. The van der Waals surface area contributed by atoms with Crippen molar-refractivity contribution in [3.8, 4) is 0 Å². The van der Waals surface area contributed by atoms with E-state index in [0.717, 1.165) is 4.47 Å². The zero-order valence-corrected chi connectivity index (χ0v) is 16.8. The second kappa shape index (κ2) is 5.80. The van der Waals surface area contributed by atoms with Crippen molar-refractivity contribution in [3.63, 3.8) is 0 Å². The van der Waals surface area contributed by atoms with Crippen molar-refractivity contribution in [2.45, 2.75) is 11.8 Å². The van der Waals surface area contributed by atoms with Crippen LogP contribution in [0.1, 0.15) is 5.56 Å². The van der Waals surface area contributed by atoms with E-state index in [1.807, 2.05) is 0 Å². The normalized spacial score (nSPS) is 11.7. The number of halogens is 2. The van der Waals surface area contributed by atoms with Gasteiger partial charge in [0.1, 0.15) is 0 Å². The van der Waals surface area contributed by atoms with E-state index in [0.29, 0.717) is 0 Å². The molecule has 0 N–H and O–H groups in total. The van der Waals surface area contributed by atoms with Crippen molar-refractivity contribution in [2.24, 2.45) is 0 Å². The Balaban J connectivity index is 2.18. The third-order valence-corrected chi connectivity index (χ3v) is 6.93. The number of hydrogen-bond donors (Lipinski definition) is 0. The van der Waals surface area contributed by atoms with Crippen molar-refractivity contribution < 1.29 is 0 Å². The highest BCUT2D eigenvalue weighted by Gasteiger charge is 2.09. The standard InChI is InChI=1S/C20H14Br2S/c1-11-7-16-12(8-18(11)21)3-6-15-14(16)5-4-13-9-19(22)20(23-2)10-17(13)15/h3-10H,1-2H3. The largest absolute Gasteiger partial charge is 0.128 e. The molecule has 0 amide bonds. The van der Waals surface area contributed by atoms with Crippen molar-refractivity contribution in [1.82, 2.24) is 0 Å². The molecular weight excluding hydrogens is 432 g/mol. The number of hydrogen-bond acceptors (Lipinski definition) is 1. The van der Waals surface area contributed by atoms with E-state index in [9.17, 15) is 0 Å². The smallest absolute Gasteiger partial charge is 0.0317 e. The fourth-order valence-corrected chi connectivity index (χ4v) is 4.86. The van der Waals surface area contributed by atoms with Gasteiger partial charge in [-0.2, -0.15) is 0 Å². The van der Waals surface area contributed by atoms with E-state index in [4.69, 9.17) is 0 Å². The molecule has 4 rings (SSSR count). The maximum absolute atomic E-state index is 3.67. The molecule has 0 saturated carbocycles. The summed E-state index contributed by atoms with van der Waals surface area (Å²) in [6.45, 7) is 2.15. The highest BCUT2D eigenvalue weighted by molar-refractivity contribution is 9.10. The molecule has 0 aliphatic heterocycles. The Bertz CT molecular complexity index is 1080. The Kier molecular flexibility index (Phi) is 3.91. The lowest BCUT2D eigenvalue weighted by Gasteiger charge is -2.11. The molecule has 0 spiro atoms. The predicted octanol–water partition coefficient (Wildman–Crippen LogP) is 7.70. The van der Waals surface area contributed by atoms with Gasteiger partial charge < -0.3 is 0 Å². The molecule has 0 fully saturated rings. The zero-order chi connectivity index (χ0) is 16.1. The summed E-state index contributed by atoms with van der Waals surface area (Å²) in [6, 6.07) is 18.0. The van der Waals surface area contributed by atoms with Crippen LogP contribution in [-0.4, -0.2) is 6.26 Å². The molecule has 0 nitrogen and oxygen atoms in total. The van der Waals surface area contributed by atoms with Crippen LogP contribution in [0.5, 0.6) is 0 Å². The maximum atomic E-state index is 3.67. The first kappa shape index (κ1) is 15.5. The number of rotatable bonds is 1. The molecule has 0 aliphatic rings. The molecule has 4 aromatic rings. The quantitative estimate of drug-likeness (QED) is 0.213. The molecule has 0 atom stereocenters. The van der Waals surface area contributed by atoms with E-state index < -0.39 is 0 Å². The molecule has 114 valence electrons. The highest BCUT2D eigenvalue weighted by atomic mass is 79.9. The number of fused-ring (bicyclic) bond motifs is 5. The van der Waals surface area contributed by atoms with Crippen LogP contribution >= 0.6 is 43.6 Å². The van der Waals surface area contributed by atoms with E-state index in [1.54, 1.807) is 11.8 Å². The summed E-state index contributed by atoms with van der Waals surface area (Å²) in [7, 11) is 0. The highest BCUT2D eigenvalue weighted by Crippen LogP contribution is 2.37. The molecule has 0 aromatic heterocycles. The van der Waals surface area contributed by atoms with Crippen molar-refractivity contribution >= 4 is 75.9 Å². The molecule has 3 heteroatoms. The van der Waals surface area contributed by atoms with Gasteiger partial charge in [-0.3, -0.25) is 0 Å². The van der Waals surface area contributed by atoms with E-state index in [1.165, 1.54) is 47.2 Å². The first-order chi connectivity index (χ1) is 11.1. The lowest BCUT2D eigenvalue weighted by molar-refractivity contribution is 1.46. The number of aryl methyl sites for hydroxylation is 1. The van der Waals surface area contributed by atoms with Gasteiger partial charge in [0.2, 0.25) is 0 Å². The number of benzene rings is 4. The zero-order valence-electron chi connectivity index (χ0n) is 12.8. The molecule has 0 saturated heterocycles. The molecule has 0 heterocycles. The van der Waals surface area contributed by atoms with Crippen LogP contribution in [0.3, 0.4) is 0 Å². The molecule has 0 unspecified atom stereocenters. The van der Waals surface area contributed by atoms with Gasteiger partial charge in [0.05, 0.1) is 0 Å². The molecule has 23 heavy (non-hydrogen) atoms. The molecule has 0 aliphatic carbocycles. The van der Waals surface area contributed by atoms with Crippen LogP contribution in [0.25, 0.3) is 32.3 Å². The summed E-state index contributed by atoms with van der Waals surface area (Å²) < 4.78 is 2.33. The van der Waals surface area contributed by atoms with E-state index >= 15 is 0 Å². The van der Waals surface area contributed by atoms with Crippen LogP contribution in [0.15, 0.2) is 62.4 Å². The predicted molar refractivity (Wildman–Crippen MR) is 111 cm³/mol. The fourth-order valence-electron chi connectivity index (χ4n) is 3.16. The minimum absolute atomic E-state index is 1.16. The minimum atomic E-state index is 1.16. The summed E-state index contributed by atoms with van der Waals surface area (Å²) >= 11 is 9.09.